The van der Waals surface area contributed by atoms with E-state index in [1.807, 2.05) is 36.4 Å². The molecular weight excluding hydrogens is 215 g/mol. The normalized spacial score (nSPS) is 10.1. The predicted octanol–water partition coefficient (Wildman–Crippen LogP) is 1.04. The number of rotatable bonds is 3. The fourth-order valence-electron chi connectivity index (χ4n) is 1.75. The van der Waals surface area contributed by atoms with Crippen LogP contribution in [0.1, 0.15) is 0 Å². The molecule has 0 heterocycles. The Morgan fingerprint density at radius 3 is 2.24 bits per heavy atom. The van der Waals surface area contributed by atoms with Gasteiger partial charge in [0.25, 0.3) is 0 Å². The van der Waals surface area contributed by atoms with Gasteiger partial charge in [-0.25, -0.2) is 0 Å². The summed E-state index contributed by atoms with van der Waals surface area (Å²) in [6.07, 6.45) is 0. The minimum atomic E-state index is -1.53. The van der Waals surface area contributed by atoms with Crippen LogP contribution in [0.5, 0.6) is 5.75 Å². The van der Waals surface area contributed by atoms with E-state index < -0.39 is 7.12 Å². The van der Waals surface area contributed by atoms with Crippen molar-refractivity contribution < 1.29 is 14.8 Å². The van der Waals surface area contributed by atoms with Crippen LogP contribution < -0.4 is 10.2 Å². The molecule has 17 heavy (non-hydrogen) atoms. The van der Waals surface area contributed by atoms with E-state index in [4.69, 9.17) is 4.74 Å². The van der Waals surface area contributed by atoms with Gasteiger partial charge in [0.2, 0.25) is 0 Å². The Labute approximate surface area is 100 Å². The molecule has 0 unspecified atom stereocenters. The van der Waals surface area contributed by atoms with E-state index in [0.717, 1.165) is 11.1 Å². The van der Waals surface area contributed by atoms with Crippen molar-refractivity contribution >= 4 is 12.6 Å². The zero-order valence-corrected chi connectivity index (χ0v) is 9.50. The molecule has 3 nitrogen and oxygen atoms in total. The Morgan fingerprint density at radius 2 is 1.65 bits per heavy atom. The highest BCUT2D eigenvalue weighted by molar-refractivity contribution is 6.59. The Hall–Kier alpha value is -1.78. The first-order chi connectivity index (χ1) is 8.22. The summed E-state index contributed by atoms with van der Waals surface area (Å²) in [4.78, 5) is 0. The first-order valence-corrected chi connectivity index (χ1v) is 5.32. The van der Waals surface area contributed by atoms with Gasteiger partial charge in [-0.05, 0) is 17.2 Å². The van der Waals surface area contributed by atoms with Crippen LogP contribution in [0.2, 0.25) is 0 Å². The highest BCUT2D eigenvalue weighted by Gasteiger charge is 2.17. The number of methoxy groups -OCH3 is 1. The largest absolute Gasteiger partial charge is 0.497 e. The Morgan fingerprint density at radius 1 is 0.941 bits per heavy atom. The molecule has 0 radical (unpaired) electrons. The second-order valence-electron chi connectivity index (χ2n) is 3.70. The van der Waals surface area contributed by atoms with Crippen molar-refractivity contribution in [2.75, 3.05) is 7.11 Å². The van der Waals surface area contributed by atoms with E-state index in [1.54, 1.807) is 12.1 Å². The summed E-state index contributed by atoms with van der Waals surface area (Å²) >= 11 is 0. The lowest BCUT2D eigenvalue weighted by Gasteiger charge is -2.10. The highest BCUT2D eigenvalue weighted by atomic mass is 16.5. The minimum Gasteiger partial charge on any atom is -0.497 e. The third-order valence-electron chi connectivity index (χ3n) is 2.61. The van der Waals surface area contributed by atoms with Crippen LogP contribution in [0.15, 0.2) is 48.5 Å². The Bertz CT molecular complexity index is 497. The van der Waals surface area contributed by atoms with Crippen LogP contribution in [0.4, 0.5) is 0 Å². The third-order valence-corrected chi connectivity index (χ3v) is 2.61. The molecule has 0 atom stereocenters. The second-order valence-corrected chi connectivity index (χ2v) is 3.70. The lowest BCUT2D eigenvalue weighted by Crippen LogP contribution is -2.31. The maximum atomic E-state index is 9.28. The molecule has 0 bridgehead atoms. The van der Waals surface area contributed by atoms with Crippen LogP contribution >= 0.6 is 0 Å². The van der Waals surface area contributed by atoms with Gasteiger partial charge in [0, 0.05) is 5.46 Å². The lowest BCUT2D eigenvalue weighted by molar-refractivity contribution is 0.403. The van der Waals surface area contributed by atoms with Crippen LogP contribution in [-0.4, -0.2) is 24.3 Å². The number of hydrogen-bond donors (Lipinski definition) is 2. The maximum Gasteiger partial charge on any atom is 0.492 e. The van der Waals surface area contributed by atoms with E-state index in [1.165, 1.54) is 7.11 Å². The van der Waals surface area contributed by atoms with Crippen molar-refractivity contribution in [3.8, 4) is 16.9 Å². The van der Waals surface area contributed by atoms with Crippen LogP contribution in [0.25, 0.3) is 11.1 Å². The second kappa shape index (κ2) is 5.04. The van der Waals surface area contributed by atoms with Gasteiger partial charge in [0.1, 0.15) is 5.75 Å². The summed E-state index contributed by atoms with van der Waals surface area (Å²) in [5, 5.41) is 18.6. The number of hydrogen-bond acceptors (Lipinski definition) is 3. The average Bonchev–Trinajstić information content (AvgIpc) is 2.39. The Balaban J connectivity index is 2.48. The first-order valence-electron chi connectivity index (χ1n) is 5.32. The van der Waals surface area contributed by atoms with Crippen LogP contribution in [0.3, 0.4) is 0 Å². The fourth-order valence-corrected chi connectivity index (χ4v) is 1.75. The molecular formula is C13H13BO3. The molecule has 0 saturated carbocycles. The molecule has 0 aliphatic carbocycles. The fraction of sp³-hybridized carbons (Fsp3) is 0.0769. The molecule has 0 amide bonds. The zero-order valence-electron chi connectivity index (χ0n) is 9.50. The van der Waals surface area contributed by atoms with Crippen LogP contribution in [0, 0.1) is 0 Å². The summed E-state index contributed by atoms with van der Waals surface area (Å²) in [7, 11) is -0.0303. The molecule has 2 aromatic carbocycles. The minimum absolute atomic E-state index is 0.369. The van der Waals surface area contributed by atoms with Gasteiger partial charge in [0.05, 0.1) is 7.11 Å². The summed E-state index contributed by atoms with van der Waals surface area (Å²) in [5.74, 6) is 0.472. The molecule has 2 rings (SSSR count). The highest BCUT2D eigenvalue weighted by Crippen LogP contribution is 2.20. The SMILES string of the molecule is COc1ccc(-c2ccccc2)cc1B(O)O. The van der Waals surface area contributed by atoms with Crippen molar-refractivity contribution in [1.29, 1.82) is 0 Å². The molecule has 0 aromatic heterocycles. The standard InChI is InChI=1S/C13H13BO3/c1-17-13-8-7-11(9-12(13)14(15)16)10-5-3-2-4-6-10/h2-9,15-16H,1H3. The van der Waals surface area contributed by atoms with Gasteiger partial charge in [0.15, 0.2) is 0 Å². The summed E-state index contributed by atoms with van der Waals surface area (Å²) in [6.45, 7) is 0. The smallest absolute Gasteiger partial charge is 0.492 e. The maximum absolute atomic E-state index is 9.28. The lowest BCUT2D eigenvalue weighted by atomic mass is 9.78. The summed E-state index contributed by atoms with van der Waals surface area (Å²) < 4.78 is 5.08. The van der Waals surface area contributed by atoms with Gasteiger partial charge in [-0.2, -0.15) is 0 Å². The monoisotopic (exact) mass is 228 g/mol. The van der Waals surface area contributed by atoms with Gasteiger partial charge in [-0.15, -0.1) is 0 Å². The van der Waals surface area contributed by atoms with E-state index >= 15 is 0 Å². The predicted molar refractivity (Wildman–Crippen MR) is 68.3 cm³/mol. The van der Waals surface area contributed by atoms with E-state index in [2.05, 4.69) is 0 Å². The molecule has 2 aromatic rings. The average molecular weight is 228 g/mol. The molecule has 0 spiro atoms. The molecule has 0 fully saturated rings. The van der Waals surface area contributed by atoms with Crippen molar-refractivity contribution in [2.45, 2.75) is 0 Å². The zero-order chi connectivity index (χ0) is 12.3. The van der Waals surface area contributed by atoms with Crippen molar-refractivity contribution in [2.24, 2.45) is 0 Å². The van der Waals surface area contributed by atoms with Crippen molar-refractivity contribution in [3.05, 3.63) is 48.5 Å². The van der Waals surface area contributed by atoms with E-state index in [0.29, 0.717) is 11.2 Å². The Kier molecular flexibility index (Phi) is 3.47. The van der Waals surface area contributed by atoms with Gasteiger partial charge >= 0.3 is 7.12 Å². The van der Waals surface area contributed by atoms with Crippen molar-refractivity contribution in [3.63, 3.8) is 0 Å². The van der Waals surface area contributed by atoms with Gasteiger partial charge in [-0.1, -0.05) is 42.5 Å². The topological polar surface area (TPSA) is 49.7 Å². The molecule has 86 valence electrons. The molecule has 0 aliphatic rings. The third kappa shape index (κ3) is 2.49. The van der Waals surface area contributed by atoms with Gasteiger partial charge < -0.3 is 14.8 Å². The molecule has 4 heteroatoms. The van der Waals surface area contributed by atoms with Crippen molar-refractivity contribution in [1.82, 2.24) is 0 Å². The molecule has 0 saturated heterocycles. The first kappa shape index (κ1) is 11.7. The number of ether oxygens (including phenoxy) is 1. The van der Waals surface area contributed by atoms with E-state index in [-0.39, 0.29) is 0 Å². The number of benzene rings is 2. The molecule has 2 N–H and O–H groups in total. The summed E-state index contributed by atoms with van der Waals surface area (Å²) in [6, 6.07) is 15.1. The van der Waals surface area contributed by atoms with E-state index in [9.17, 15) is 10.0 Å². The summed E-state index contributed by atoms with van der Waals surface area (Å²) in [5.41, 5.74) is 2.32. The quantitative estimate of drug-likeness (QED) is 0.771. The van der Waals surface area contributed by atoms with Crippen LogP contribution in [-0.2, 0) is 0 Å². The van der Waals surface area contributed by atoms with Gasteiger partial charge in [-0.3, -0.25) is 0 Å². The molecule has 0 aliphatic heterocycles.